The van der Waals surface area contributed by atoms with Crippen LogP contribution >= 0.6 is 0 Å². The Labute approximate surface area is 108 Å². The van der Waals surface area contributed by atoms with Crippen LogP contribution in [0.2, 0.25) is 0 Å². The van der Waals surface area contributed by atoms with Crippen molar-refractivity contribution in [2.75, 3.05) is 0 Å². The van der Waals surface area contributed by atoms with Crippen LogP contribution in [0.5, 0.6) is 5.75 Å². The molecule has 0 bridgehead atoms. The smallest absolute Gasteiger partial charge is 0.168 e. The van der Waals surface area contributed by atoms with Crippen LogP contribution < -0.4 is 0 Å². The number of phenolic OH excluding ortho intramolecular Hbond substituents is 1. The highest BCUT2D eigenvalue weighted by atomic mass is 32.2. The minimum Gasteiger partial charge on any atom is -0.507 e. The van der Waals surface area contributed by atoms with Crippen molar-refractivity contribution in [3.63, 3.8) is 0 Å². The second-order valence-electron chi connectivity index (χ2n) is 4.33. The van der Waals surface area contributed by atoms with Gasteiger partial charge < -0.3 is 5.11 Å². The van der Waals surface area contributed by atoms with E-state index in [-0.39, 0.29) is 10.6 Å². The fourth-order valence-corrected chi connectivity index (χ4v) is 2.43. The largest absolute Gasteiger partial charge is 0.507 e. The molecule has 0 saturated heterocycles. The molecule has 0 atom stereocenters. The monoisotopic (exact) mass is 262 g/mol. The Balaban J connectivity index is 2.65. The standard InChI is InChI=1S/C14H14O3S/c1-9-5-10(2)7-11(6-9)13-8-12(18(16)17)3-4-14(13)15/h3-8,15,18H,1-2H3. The second-order valence-corrected chi connectivity index (χ2v) is 5.37. The predicted molar refractivity (Wildman–Crippen MR) is 71.6 cm³/mol. The third-order valence-corrected chi connectivity index (χ3v) is 3.42. The van der Waals surface area contributed by atoms with Crippen LogP contribution in [0.3, 0.4) is 0 Å². The SMILES string of the molecule is Cc1cc(C)cc(-c2cc([SH](=O)=O)ccc2O)c1. The lowest BCUT2D eigenvalue weighted by Gasteiger charge is -2.08. The lowest BCUT2D eigenvalue weighted by molar-refractivity contribution is 0.477. The lowest BCUT2D eigenvalue weighted by Crippen LogP contribution is -1.86. The number of rotatable bonds is 2. The van der Waals surface area contributed by atoms with Crippen molar-refractivity contribution in [1.29, 1.82) is 0 Å². The second kappa shape index (κ2) is 4.82. The van der Waals surface area contributed by atoms with Gasteiger partial charge in [0.1, 0.15) is 5.75 Å². The van der Waals surface area contributed by atoms with Gasteiger partial charge in [0.25, 0.3) is 0 Å². The van der Waals surface area contributed by atoms with Gasteiger partial charge in [0.15, 0.2) is 10.7 Å². The molecule has 0 heterocycles. The van der Waals surface area contributed by atoms with E-state index in [1.807, 2.05) is 32.0 Å². The Kier molecular flexibility index (Phi) is 3.39. The molecule has 0 aliphatic carbocycles. The summed E-state index contributed by atoms with van der Waals surface area (Å²) >= 11 is 0. The first kappa shape index (κ1) is 12.6. The first-order valence-electron chi connectivity index (χ1n) is 5.53. The van der Waals surface area contributed by atoms with Gasteiger partial charge in [-0.15, -0.1) is 0 Å². The maximum atomic E-state index is 11.0. The van der Waals surface area contributed by atoms with E-state index >= 15 is 0 Å². The summed E-state index contributed by atoms with van der Waals surface area (Å²) < 4.78 is 22.0. The van der Waals surface area contributed by atoms with E-state index in [1.165, 1.54) is 18.2 Å². The highest BCUT2D eigenvalue weighted by molar-refractivity contribution is 7.72. The maximum absolute atomic E-state index is 11.0. The van der Waals surface area contributed by atoms with Crippen molar-refractivity contribution in [2.45, 2.75) is 18.7 Å². The molecule has 4 heteroatoms. The Hall–Kier alpha value is -1.81. The highest BCUT2D eigenvalue weighted by Gasteiger charge is 2.07. The molecule has 0 spiro atoms. The maximum Gasteiger partial charge on any atom is 0.168 e. The molecule has 2 aromatic rings. The summed E-state index contributed by atoms with van der Waals surface area (Å²) in [7, 11) is -2.64. The Morgan fingerprint density at radius 1 is 0.944 bits per heavy atom. The molecular weight excluding hydrogens is 248 g/mol. The van der Waals surface area contributed by atoms with Crippen molar-refractivity contribution in [3.8, 4) is 16.9 Å². The van der Waals surface area contributed by atoms with E-state index in [0.717, 1.165) is 16.7 Å². The van der Waals surface area contributed by atoms with Crippen molar-refractivity contribution in [1.82, 2.24) is 0 Å². The molecule has 0 aliphatic heterocycles. The van der Waals surface area contributed by atoms with Crippen LogP contribution in [0.4, 0.5) is 0 Å². The molecular formula is C14H14O3S. The van der Waals surface area contributed by atoms with Crippen molar-refractivity contribution in [2.24, 2.45) is 0 Å². The van der Waals surface area contributed by atoms with Crippen LogP contribution in [0.1, 0.15) is 11.1 Å². The number of benzene rings is 2. The molecule has 18 heavy (non-hydrogen) atoms. The minimum absolute atomic E-state index is 0.0839. The van der Waals surface area contributed by atoms with Crippen LogP contribution in [-0.2, 0) is 10.7 Å². The lowest BCUT2D eigenvalue weighted by atomic mass is 10.00. The van der Waals surface area contributed by atoms with Gasteiger partial charge in [-0.05, 0) is 37.6 Å². The Morgan fingerprint density at radius 2 is 1.56 bits per heavy atom. The first-order valence-corrected chi connectivity index (χ1v) is 6.71. The van der Waals surface area contributed by atoms with E-state index in [2.05, 4.69) is 0 Å². The third kappa shape index (κ3) is 2.54. The summed E-state index contributed by atoms with van der Waals surface area (Å²) in [4.78, 5) is 0.206. The summed E-state index contributed by atoms with van der Waals surface area (Å²) in [5.41, 5.74) is 3.50. The number of thiol groups is 1. The van der Waals surface area contributed by atoms with Crippen LogP contribution in [-0.4, -0.2) is 13.5 Å². The van der Waals surface area contributed by atoms with E-state index in [0.29, 0.717) is 5.56 Å². The fraction of sp³-hybridized carbons (Fsp3) is 0.143. The summed E-state index contributed by atoms with van der Waals surface area (Å²) in [6.45, 7) is 3.93. The molecule has 0 radical (unpaired) electrons. The quantitative estimate of drug-likeness (QED) is 0.818. The number of aromatic hydroxyl groups is 1. The van der Waals surface area contributed by atoms with Crippen molar-refractivity contribution in [3.05, 3.63) is 47.5 Å². The van der Waals surface area contributed by atoms with Gasteiger partial charge in [0.05, 0.1) is 4.90 Å². The number of phenols is 1. The van der Waals surface area contributed by atoms with Gasteiger partial charge in [0, 0.05) is 5.56 Å². The molecule has 0 fully saturated rings. The molecule has 2 rings (SSSR count). The Morgan fingerprint density at radius 3 is 2.11 bits per heavy atom. The molecule has 1 N–H and O–H groups in total. The van der Waals surface area contributed by atoms with E-state index < -0.39 is 10.7 Å². The first-order chi connectivity index (χ1) is 8.47. The van der Waals surface area contributed by atoms with Crippen molar-refractivity contribution < 1.29 is 13.5 Å². The summed E-state index contributed by atoms with van der Waals surface area (Å²) in [5.74, 6) is 0.0839. The van der Waals surface area contributed by atoms with Gasteiger partial charge in [-0.2, -0.15) is 0 Å². The fourth-order valence-electron chi connectivity index (χ4n) is 2.00. The zero-order valence-electron chi connectivity index (χ0n) is 10.2. The summed E-state index contributed by atoms with van der Waals surface area (Å²) in [6, 6.07) is 10.2. The van der Waals surface area contributed by atoms with E-state index in [1.54, 1.807) is 0 Å². The van der Waals surface area contributed by atoms with Crippen LogP contribution in [0, 0.1) is 13.8 Å². The highest BCUT2D eigenvalue weighted by Crippen LogP contribution is 2.31. The average Bonchev–Trinajstić information content (AvgIpc) is 2.27. The number of hydrogen-bond acceptors (Lipinski definition) is 3. The van der Waals surface area contributed by atoms with Crippen molar-refractivity contribution >= 4 is 10.7 Å². The Bertz CT molecular complexity index is 644. The molecule has 2 aromatic carbocycles. The van der Waals surface area contributed by atoms with Gasteiger partial charge in [-0.1, -0.05) is 29.3 Å². The molecule has 0 aliphatic rings. The van der Waals surface area contributed by atoms with E-state index in [9.17, 15) is 13.5 Å². The molecule has 0 saturated carbocycles. The van der Waals surface area contributed by atoms with Gasteiger partial charge >= 0.3 is 0 Å². The summed E-state index contributed by atoms with van der Waals surface area (Å²) in [5, 5.41) is 9.86. The molecule has 0 amide bonds. The third-order valence-electron chi connectivity index (χ3n) is 2.72. The zero-order chi connectivity index (χ0) is 13.3. The average molecular weight is 262 g/mol. The van der Waals surface area contributed by atoms with E-state index in [4.69, 9.17) is 0 Å². The topological polar surface area (TPSA) is 54.4 Å². The minimum atomic E-state index is -2.64. The molecule has 0 unspecified atom stereocenters. The van der Waals surface area contributed by atoms with Gasteiger partial charge in [0.2, 0.25) is 0 Å². The normalized spacial score (nSPS) is 10.8. The molecule has 3 nitrogen and oxygen atoms in total. The summed E-state index contributed by atoms with van der Waals surface area (Å²) in [6.07, 6.45) is 0. The number of aryl methyl sites for hydroxylation is 2. The molecule has 0 aromatic heterocycles. The van der Waals surface area contributed by atoms with Crippen LogP contribution in [0.25, 0.3) is 11.1 Å². The predicted octanol–water partition coefficient (Wildman–Crippen LogP) is 2.65. The zero-order valence-corrected chi connectivity index (χ0v) is 11.1. The van der Waals surface area contributed by atoms with Gasteiger partial charge in [-0.3, -0.25) is 0 Å². The number of hydrogen-bond donors (Lipinski definition) is 2. The molecule has 94 valence electrons. The van der Waals surface area contributed by atoms with Gasteiger partial charge in [-0.25, -0.2) is 8.42 Å². The van der Waals surface area contributed by atoms with Crippen LogP contribution in [0.15, 0.2) is 41.3 Å².